The molecule has 0 atom stereocenters. The normalized spacial score (nSPS) is 10.4. The fraction of sp³-hybridized carbons (Fsp3) is 0.200. The summed E-state index contributed by atoms with van der Waals surface area (Å²) in [5, 5.41) is 0.130. The second-order valence-electron chi connectivity index (χ2n) is 4.31. The zero-order valence-corrected chi connectivity index (χ0v) is 11.1. The van der Waals surface area contributed by atoms with Crippen molar-refractivity contribution in [1.82, 2.24) is 0 Å². The van der Waals surface area contributed by atoms with Crippen LogP contribution in [0.1, 0.15) is 16.7 Å². The first-order valence-electron chi connectivity index (χ1n) is 5.70. The van der Waals surface area contributed by atoms with Gasteiger partial charge in [-0.2, -0.15) is 0 Å². The van der Waals surface area contributed by atoms with Crippen molar-refractivity contribution in [3.8, 4) is 5.75 Å². The van der Waals surface area contributed by atoms with Gasteiger partial charge in [-0.05, 0) is 48.7 Å². The topological polar surface area (TPSA) is 9.23 Å². The molecule has 0 heterocycles. The van der Waals surface area contributed by atoms with Crippen molar-refractivity contribution in [2.24, 2.45) is 0 Å². The van der Waals surface area contributed by atoms with E-state index < -0.39 is 5.82 Å². The molecule has 0 fully saturated rings. The monoisotopic (exact) mass is 264 g/mol. The van der Waals surface area contributed by atoms with E-state index in [4.69, 9.17) is 16.3 Å². The SMILES string of the molecule is Cc1ccc(C)c(OCc2ccc(Cl)c(F)c2)c1. The third kappa shape index (κ3) is 3.02. The van der Waals surface area contributed by atoms with Crippen LogP contribution in [0.15, 0.2) is 36.4 Å². The van der Waals surface area contributed by atoms with Gasteiger partial charge in [-0.3, -0.25) is 0 Å². The average molecular weight is 265 g/mol. The lowest BCUT2D eigenvalue weighted by molar-refractivity contribution is 0.303. The standard InChI is InChI=1S/C15H14ClFO/c1-10-3-4-11(2)15(7-10)18-9-12-5-6-13(16)14(17)8-12/h3-8H,9H2,1-2H3. The van der Waals surface area contributed by atoms with Crippen molar-refractivity contribution >= 4 is 11.6 Å². The van der Waals surface area contributed by atoms with Crippen LogP contribution >= 0.6 is 11.6 Å². The smallest absolute Gasteiger partial charge is 0.142 e. The molecule has 2 rings (SSSR count). The third-order valence-corrected chi connectivity index (χ3v) is 3.03. The van der Waals surface area contributed by atoms with Gasteiger partial charge in [0.05, 0.1) is 5.02 Å². The van der Waals surface area contributed by atoms with E-state index in [1.807, 2.05) is 32.0 Å². The molecular formula is C15H14ClFO. The van der Waals surface area contributed by atoms with E-state index in [1.165, 1.54) is 6.07 Å². The number of hydrogen-bond acceptors (Lipinski definition) is 1. The van der Waals surface area contributed by atoms with Crippen LogP contribution in [0.3, 0.4) is 0 Å². The molecule has 0 spiro atoms. The zero-order valence-electron chi connectivity index (χ0n) is 10.3. The molecule has 2 aromatic rings. The molecule has 1 nitrogen and oxygen atoms in total. The molecule has 0 radical (unpaired) electrons. The molecule has 0 N–H and O–H groups in total. The summed E-state index contributed by atoms with van der Waals surface area (Å²) in [4.78, 5) is 0. The Morgan fingerprint density at radius 2 is 1.89 bits per heavy atom. The number of benzene rings is 2. The summed E-state index contributed by atoms with van der Waals surface area (Å²) in [7, 11) is 0. The van der Waals surface area contributed by atoms with Crippen molar-refractivity contribution in [3.05, 3.63) is 63.9 Å². The zero-order chi connectivity index (χ0) is 13.1. The molecular weight excluding hydrogens is 251 g/mol. The highest BCUT2D eigenvalue weighted by Crippen LogP contribution is 2.21. The summed E-state index contributed by atoms with van der Waals surface area (Å²) in [6.45, 7) is 4.32. The lowest BCUT2D eigenvalue weighted by Crippen LogP contribution is -1.98. The molecule has 0 bridgehead atoms. The van der Waals surface area contributed by atoms with Crippen LogP contribution in [0.4, 0.5) is 4.39 Å². The first-order valence-corrected chi connectivity index (χ1v) is 6.08. The molecule has 0 aliphatic heterocycles. The van der Waals surface area contributed by atoms with E-state index in [-0.39, 0.29) is 5.02 Å². The van der Waals surface area contributed by atoms with Crippen LogP contribution in [0, 0.1) is 19.7 Å². The number of rotatable bonds is 3. The highest BCUT2D eigenvalue weighted by Gasteiger charge is 2.03. The Balaban J connectivity index is 2.11. The lowest BCUT2D eigenvalue weighted by atomic mass is 10.1. The van der Waals surface area contributed by atoms with Gasteiger partial charge in [0.2, 0.25) is 0 Å². The number of ether oxygens (including phenoxy) is 1. The van der Waals surface area contributed by atoms with Crippen molar-refractivity contribution in [1.29, 1.82) is 0 Å². The molecule has 0 unspecified atom stereocenters. The number of aryl methyl sites for hydroxylation is 2. The van der Waals surface area contributed by atoms with Crippen molar-refractivity contribution in [3.63, 3.8) is 0 Å². The van der Waals surface area contributed by atoms with Crippen LogP contribution in [-0.2, 0) is 6.61 Å². The Hall–Kier alpha value is -1.54. The minimum Gasteiger partial charge on any atom is -0.489 e. The molecule has 0 aliphatic rings. The van der Waals surface area contributed by atoms with Crippen LogP contribution in [-0.4, -0.2) is 0 Å². The Morgan fingerprint density at radius 1 is 1.11 bits per heavy atom. The minimum atomic E-state index is -0.418. The van der Waals surface area contributed by atoms with Crippen LogP contribution < -0.4 is 4.74 Å². The Kier molecular flexibility index (Phi) is 3.87. The van der Waals surface area contributed by atoms with Gasteiger partial charge < -0.3 is 4.74 Å². The number of halogens is 2. The molecule has 3 heteroatoms. The van der Waals surface area contributed by atoms with Crippen LogP contribution in [0.5, 0.6) is 5.75 Å². The van der Waals surface area contributed by atoms with Gasteiger partial charge in [0.15, 0.2) is 0 Å². The second kappa shape index (κ2) is 5.40. The van der Waals surface area contributed by atoms with Gasteiger partial charge in [-0.1, -0.05) is 29.8 Å². The lowest BCUT2D eigenvalue weighted by Gasteiger charge is -2.10. The molecule has 0 saturated carbocycles. The maximum Gasteiger partial charge on any atom is 0.142 e. The van der Waals surface area contributed by atoms with Crippen LogP contribution in [0.2, 0.25) is 5.02 Å². The van der Waals surface area contributed by atoms with E-state index in [9.17, 15) is 4.39 Å². The van der Waals surface area contributed by atoms with E-state index in [0.717, 1.165) is 22.4 Å². The second-order valence-corrected chi connectivity index (χ2v) is 4.71. The van der Waals surface area contributed by atoms with E-state index in [2.05, 4.69) is 0 Å². The largest absolute Gasteiger partial charge is 0.489 e. The van der Waals surface area contributed by atoms with Gasteiger partial charge in [0.25, 0.3) is 0 Å². The average Bonchev–Trinajstić information content (AvgIpc) is 2.34. The minimum absolute atomic E-state index is 0.130. The van der Waals surface area contributed by atoms with Gasteiger partial charge in [-0.25, -0.2) is 4.39 Å². The Bertz CT molecular complexity index is 566. The molecule has 0 aliphatic carbocycles. The molecule has 18 heavy (non-hydrogen) atoms. The fourth-order valence-electron chi connectivity index (χ4n) is 1.65. The summed E-state index contributed by atoms with van der Waals surface area (Å²) in [5.74, 6) is 0.407. The molecule has 0 amide bonds. The molecule has 2 aromatic carbocycles. The van der Waals surface area contributed by atoms with Crippen molar-refractivity contribution in [2.45, 2.75) is 20.5 Å². The predicted molar refractivity (Wildman–Crippen MR) is 71.7 cm³/mol. The van der Waals surface area contributed by atoms with Gasteiger partial charge >= 0.3 is 0 Å². The summed E-state index contributed by atoms with van der Waals surface area (Å²) in [6.07, 6.45) is 0. The molecule has 0 saturated heterocycles. The van der Waals surface area contributed by atoms with E-state index >= 15 is 0 Å². The van der Waals surface area contributed by atoms with Gasteiger partial charge in [-0.15, -0.1) is 0 Å². The summed E-state index contributed by atoms with van der Waals surface area (Å²) in [5.41, 5.74) is 2.96. The number of hydrogen-bond donors (Lipinski definition) is 0. The van der Waals surface area contributed by atoms with Crippen molar-refractivity contribution < 1.29 is 9.13 Å². The Morgan fingerprint density at radius 3 is 2.61 bits per heavy atom. The highest BCUT2D eigenvalue weighted by atomic mass is 35.5. The first-order chi connectivity index (χ1) is 8.56. The van der Waals surface area contributed by atoms with E-state index in [0.29, 0.717) is 6.61 Å². The van der Waals surface area contributed by atoms with E-state index in [1.54, 1.807) is 12.1 Å². The maximum atomic E-state index is 13.3. The summed E-state index contributed by atoms with van der Waals surface area (Å²) >= 11 is 5.63. The molecule has 0 aromatic heterocycles. The van der Waals surface area contributed by atoms with Gasteiger partial charge in [0.1, 0.15) is 18.2 Å². The van der Waals surface area contributed by atoms with Gasteiger partial charge in [0, 0.05) is 0 Å². The fourth-order valence-corrected chi connectivity index (χ4v) is 1.77. The summed E-state index contributed by atoms with van der Waals surface area (Å²) in [6, 6.07) is 10.7. The predicted octanol–water partition coefficient (Wildman–Crippen LogP) is 4.67. The quantitative estimate of drug-likeness (QED) is 0.782. The summed E-state index contributed by atoms with van der Waals surface area (Å²) < 4.78 is 18.9. The first kappa shape index (κ1) is 12.9. The third-order valence-electron chi connectivity index (χ3n) is 2.72. The maximum absolute atomic E-state index is 13.3. The van der Waals surface area contributed by atoms with Crippen LogP contribution in [0.25, 0.3) is 0 Å². The highest BCUT2D eigenvalue weighted by molar-refractivity contribution is 6.30. The Labute approximate surface area is 111 Å². The molecule has 94 valence electrons. The van der Waals surface area contributed by atoms with Crippen molar-refractivity contribution in [2.75, 3.05) is 0 Å².